The van der Waals surface area contributed by atoms with Crippen LogP contribution in [-0.2, 0) is 13.0 Å². The smallest absolute Gasteiger partial charge is 0.250 e. The van der Waals surface area contributed by atoms with Gasteiger partial charge >= 0.3 is 0 Å². The monoisotopic (exact) mass is 283 g/mol. The Kier molecular flexibility index (Phi) is 3.69. The van der Waals surface area contributed by atoms with E-state index in [4.69, 9.17) is 5.73 Å². The third-order valence-electron chi connectivity index (χ3n) is 4.15. The molecule has 0 aliphatic carbocycles. The average Bonchev–Trinajstić information content (AvgIpc) is 2.79. The molecule has 1 aliphatic heterocycles. The van der Waals surface area contributed by atoms with Crippen molar-refractivity contribution < 1.29 is 0 Å². The number of pyridine rings is 1. The minimum Gasteiger partial charge on any atom is -0.398 e. The molecule has 2 heterocycles. The van der Waals surface area contributed by atoms with E-state index in [1.807, 2.05) is 0 Å². The second kappa shape index (κ2) is 5.64. The van der Waals surface area contributed by atoms with Gasteiger partial charge < -0.3 is 15.2 Å². The van der Waals surface area contributed by atoms with E-state index in [1.54, 1.807) is 16.8 Å². The van der Waals surface area contributed by atoms with Crippen molar-refractivity contribution in [2.75, 3.05) is 17.2 Å². The lowest BCUT2D eigenvalue weighted by Gasteiger charge is -2.25. The number of nitrogens with zero attached hydrogens (tertiary/aromatic N) is 2. The normalized spacial score (nSPS) is 17.0. The maximum atomic E-state index is 11.8. The maximum Gasteiger partial charge on any atom is 0.250 e. The van der Waals surface area contributed by atoms with Gasteiger partial charge in [-0.2, -0.15) is 0 Å². The minimum atomic E-state index is 0.0130. The van der Waals surface area contributed by atoms with Crippen LogP contribution in [0.5, 0.6) is 0 Å². The fourth-order valence-corrected chi connectivity index (χ4v) is 3.11. The van der Waals surface area contributed by atoms with E-state index in [1.165, 1.54) is 17.3 Å². The molecule has 0 amide bonds. The summed E-state index contributed by atoms with van der Waals surface area (Å²) in [6.07, 6.45) is 3.76. The molecule has 2 N–H and O–H groups in total. The van der Waals surface area contributed by atoms with Crippen molar-refractivity contribution in [2.45, 2.75) is 32.4 Å². The van der Waals surface area contributed by atoms with Gasteiger partial charge in [0.25, 0.3) is 5.56 Å². The summed E-state index contributed by atoms with van der Waals surface area (Å²) in [6, 6.07) is 12.3. The standard InChI is InChI=1S/C17H21N3O/c1-13-11-14-5-2-3-6-16(14)20(13)10-4-9-19-12-15(18)7-8-17(19)21/h2-3,5-8,12-13H,4,9-11,18H2,1H3. The summed E-state index contributed by atoms with van der Waals surface area (Å²) >= 11 is 0. The highest BCUT2D eigenvalue weighted by molar-refractivity contribution is 5.59. The van der Waals surface area contributed by atoms with Crippen LogP contribution in [0.3, 0.4) is 0 Å². The van der Waals surface area contributed by atoms with Gasteiger partial charge in [-0.1, -0.05) is 18.2 Å². The highest BCUT2D eigenvalue weighted by atomic mass is 16.1. The van der Waals surface area contributed by atoms with Crippen molar-refractivity contribution in [3.8, 4) is 0 Å². The van der Waals surface area contributed by atoms with Crippen LogP contribution in [0.4, 0.5) is 11.4 Å². The molecule has 0 bridgehead atoms. The Morgan fingerprint density at radius 2 is 2.00 bits per heavy atom. The van der Waals surface area contributed by atoms with Crippen molar-refractivity contribution in [3.63, 3.8) is 0 Å². The van der Waals surface area contributed by atoms with E-state index in [0.717, 1.165) is 19.4 Å². The first kappa shape index (κ1) is 13.7. The summed E-state index contributed by atoms with van der Waals surface area (Å²) in [5.74, 6) is 0. The molecule has 21 heavy (non-hydrogen) atoms. The Labute approximate surface area is 124 Å². The van der Waals surface area contributed by atoms with Gasteiger partial charge in [0, 0.05) is 42.8 Å². The van der Waals surface area contributed by atoms with Gasteiger partial charge in [0.2, 0.25) is 0 Å². The molecule has 4 nitrogen and oxygen atoms in total. The summed E-state index contributed by atoms with van der Waals surface area (Å²) in [7, 11) is 0. The third kappa shape index (κ3) is 2.79. The second-order valence-corrected chi connectivity index (χ2v) is 5.72. The lowest BCUT2D eigenvalue weighted by atomic mass is 10.1. The maximum absolute atomic E-state index is 11.8. The predicted octanol–water partition coefficient (Wildman–Crippen LogP) is 2.27. The molecule has 0 saturated carbocycles. The molecule has 0 saturated heterocycles. The zero-order valence-corrected chi connectivity index (χ0v) is 12.3. The molecular weight excluding hydrogens is 262 g/mol. The van der Waals surface area contributed by atoms with Crippen LogP contribution in [0.25, 0.3) is 0 Å². The number of nitrogen functional groups attached to an aromatic ring is 1. The molecule has 110 valence electrons. The fourth-order valence-electron chi connectivity index (χ4n) is 3.11. The Morgan fingerprint density at radius 1 is 1.19 bits per heavy atom. The first-order valence-corrected chi connectivity index (χ1v) is 7.45. The van der Waals surface area contributed by atoms with E-state index in [0.29, 0.717) is 18.3 Å². The number of fused-ring (bicyclic) bond motifs is 1. The molecule has 0 spiro atoms. The molecule has 1 aromatic heterocycles. The van der Waals surface area contributed by atoms with Gasteiger partial charge in [0.15, 0.2) is 0 Å². The van der Waals surface area contributed by atoms with Gasteiger partial charge in [-0.3, -0.25) is 4.79 Å². The number of aryl methyl sites for hydroxylation is 1. The molecule has 4 heteroatoms. The first-order chi connectivity index (χ1) is 10.1. The number of hydrogen-bond acceptors (Lipinski definition) is 3. The fraction of sp³-hybridized carbons (Fsp3) is 0.353. The van der Waals surface area contributed by atoms with E-state index in [9.17, 15) is 4.79 Å². The molecule has 1 aliphatic rings. The summed E-state index contributed by atoms with van der Waals surface area (Å²) in [6.45, 7) is 3.92. The lowest BCUT2D eigenvalue weighted by Crippen LogP contribution is -2.31. The van der Waals surface area contributed by atoms with E-state index >= 15 is 0 Å². The van der Waals surface area contributed by atoms with Crippen LogP contribution < -0.4 is 16.2 Å². The third-order valence-corrected chi connectivity index (χ3v) is 4.15. The number of hydrogen-bond donors (Lipinski definition) is 1. The number of anilines is 2. The molecule has 1 unspecified atom stereocenters. The number of benzene rings is 1. The topological polar surface area (TPSA) is 51.3 Å². The molecule has 1 atom stereocenters. The molecule has 1 aromatic carbocycles. The Hall–Kier alpha value is -2.23. The van der Waals surface area contributed by atoms with E-state index in [-0.39, 0.29) is 5.56 Å². The van der Waals surface area contributed by atoms with Crippen LogP contribution in [-0.4, -0.2) is 17.2 Å². The quantitative estimate of drug-likeness (QED) is 0.936. The molecule has 0 radical (unpaired) electrons. The highest BCUT2D eigenvalue weighted by Crippen LogP contribution is 2.31. The van der Waals surface area contributed by atoms with Gasteiger partial charge in [-0.25, -0.2) is 0 Å². The zero-order chi connectivity index (χ0) is 14.8. The largest absolute Gasteiger partial charge is 0.398 e. The van der Waals surface area contributed by atoms with Crippen molar-refractivity contribution in [2.24, 2.45) is 0 Å². The summed E-state index contributed by atoms with van der Waals surface area (Å²) < 4.78 is 1.70. The van der Waals surface area contributed by atoms with Crippen LogP contribution in [0.2, 0.25) is 0 Å². The van der Waals surface area contributed by atoms with Gasteiger partial charge in [0.1, 0.15) is 0 Å². The highest BCUT2D eigenvalue weighted by Gasteiger charge is 2.24. The lowest BCUT2D eigenvalue weighted by molar-refractivity contribution is 0.582. The van der Waals surface area contributed by atoms with Crippen LogP contribution in [0, 0.1) is 0 Å². The molecular formula is C17H21N3O. The van der Waals surface area contributed by atoms with Gasteiger partial charge in [0.05, 0.1) is 0 Å². The Bertz CT molecular complexity index is 692. The number of aromatic nitrogens is 1. The predicted molar refractivity (Wildman–Crippen MR) is 86.7 cm³/mol. The molecule has 3 rings (SSSR count). The first-order valence-electron chi connectivity index (χ1n) is 7.45. The van der Waals surface area contributed by atoms with Crippen molar-refractivity contribution in [3.05, 3.63) is 58.5 Å². The summed E-state index contributed by atoms with van der Waals surface area (Å²) in [5, 5.41) is 0. The van der Waals surface area contributed by atoms with Gasteiger partial charge in [-0.15, -0.1) is 0 Å². The van der Waals surface area contributed by atoms with Gasteiger partial charge in [-0.05, 0) is 37.5 Å². The van der Waals surface area contributed by atoms with Crippen molar-refractivity contribution in [1.82, 2.24) is 4.57 Å². The summed E-state index contributed by atoms with van der Waals surface area (Å²) in [4.78, 5) is 14.2. The van der Waals surface area contributed by atoms with Crippen LogP contribution in [0.1, 0.15) is 18.9 Å². The number of rotatable bonds is 4. The number of nitrogens with two attached hydrogens (primary N) is 1. The second-order valence-electron chi connectivity index (χ2n) is 5.72. The number of para-hydroxylation sites is 1. The minimum absolute atomic E-state index is 0.0130. The Balaban J connectivity index is 1.66. The Morgan fingerprint density at radius 3 is 2.86 bits per heavy atom. The molecule has 0 fully saturated rings. The van der Waals surface area contributed by atoms with E-state index < -0.39 is 0 Å². The van der Waals surface area contributed by atoms with Crippen molar-refractivity contribution >= 4 is 11.4 Å². The zero-order valence-electron chi connectivity index (χ0n) is 12.3. The summed E-state index contributed by atoms with van der Waals surface area (Å²) in [5.41, 5.74) is 9.14. The molecule has 2 aromatic rings. The van der Waals surface area contributed by atoms with Crippen LogP contribution >= 0.6 is 0 Å². The average molecular weight is 283 g/mol. The van der Waals surface area contributed by atoms with Crippen molar-refractivity contribution in [1.29, 1.82) is 0 Å². The van der Waals surface area contributed by atoms with E-state index in [2.05, 4.69) is 36.1 Å². The SMILES string of the molecule is CC1Cc2ccccc2N1CCCn1cc(N)ccc1=O. The van der Waals surface area contributed by atoms with Crippen LogP contribution in [0.15, 0.2) is 47.4 Å².